The van der Waals surface area contributed by atoms with Crippen LogP contribution in [0.5, 0.6) is 0 Å². The van der Waals surface area contributed by atoms with Crippen LogP contribution in [-0.4, -0.2) is 6.04 Å². The van der Waals surface area contributed by atoms with Gasteiger partial charge in [-0.15, -0.1) is 11.8 Å². The molecular weight excluding hydrogens is 305 g/mol. The average Bonchev–Trinajstić information content (AvgIpc) is 2.50. The smallest absolute Gasteiger partial charge is 0.127 e. The summed E-state index contributed by atoms with van der Waals surface area (Å²) in [7, 11) is 0. The van der Waals surface area contributed by atoms with Crippen LogP contribution >= 0.6 is 23.4 Å². The van der Waals surface area contributed by atoms with Crippen LogP contribution in [0.25, 0.3) is 0 Å². The fourth-order valence-corrected chi connectivity index (χ4v) is 3.86. The molecule has 2 aromatic carbocycles. The lowest BCUT2D eigenvalue weighted by molar-refractivity contribution is 0.572. The van der Waals surface area contributed by atoms with Crippen molar-refractivity contribution in [2.75, 3.05) is 0 Å². The van der Waals surface area contributed by atoms with E-state index in [2.05, 4.69) is 0 Å². The minimum Gasteiger partial charge on any atom is -0.326 e. The van der Waals surface area contributed by atoms with E-state index < -0.39 is 0 Å². The Balaban J connectivity index is 2.18. The van der Waals surface area contributed by atoms with Crippen molar-refractivity contribution < 1.29 is 4.39 Å². The third-order valence-corrected chi connectivity index (χ3v) is 5.26. The Bertz CT molecular complexity index is 591. The highest BCUT2D eigenvalue weighted by Gasteiger charge is 2.22. The Labute approximate surface area is 134 Å². The summed E-state index contributed by atoms with van der Waals surface area (Å²) in [6.45, 7) is 2.02. The highest BCUT2D eigenvalue weighted by Crippen LogP contribution is 2.37. The van der Waals surface area contributed by atoms with Gasteiger partial charge in [0.25, 0.3) is 0 Å². The van der Waals surface area contributed by atoms with Gasteiger partial charge in [0.2, 0.25) is 0 Å². The quantitative estimate of drug-likeness (QED) is 0.791. The maximum absolute atomic E-state index is 14.0. The molecule has 0 heterocycles. The van der Waals surface area contributed by atoms with Crippen molar-refractivity contribution in [2.45, 2.75) is 30.4 Å². The summed E-state index contributed by atoms with van der Waals surface area (Å²) in [6, 6.07) is 14.5. The first-order valence-corrected chi connectivity index (χ1v) is 8.41. The lowest BCUT2D eigenvalue weighted by Gasteiger charge is -2.23. The van der Waals surface area contributed by atoms with E-state index >= 15 is 0 Å². The molecule has 2 N–H and O–H groups in total. The molecule has 2 atom stereocenters. The number of hydrogen-bond donors (Lipinski definition) is 1. The van der Waals surface area contributed by atoms with Crippen LogP contribution in [0.4, 0.5) is 4.39 Å². The van der Waals surface area contributed by atoms with Gasteiger partial charge in [0.05, 0.1) is 0 Å². The molecule has 0 aliphatic carbocycles. The third-order valence-electron chi connectivity index (χ3n) is 3.45. The zero-order chi connectivity index (χ0) is 15.2. The first-order chi connectivity index (χ1) is 10.1. The zero-order valence-corrected chi connectivity index (χ0v) is 13.5. The lowest BCUT2D eigenvalue weighted by atomic mass is 10.0. The second kappa shape index (κ2) is 7.83. The number of rotatable bonds is 6. The Morgan fingerprint density at radius 3 is 2.48 bits per heavy atom. The van der Waals surface area contributed by atoms with E-state index in [1.165, 1.54) is 6.07 Å². The molecule has 0 saturated heterocycles. The van der Waals surface area contributed by atoms with Crippen molar-refractivity contribution in [2.24, 2.45) is 5.73 Å². The van der Waals surface area contributed by atoms with Crippen molar-refractivity contribution in [1.82, 2.24) is 0 Å². The molecule has 0 aromatic heterocycles. The Kier molecular flexibility index (Phi) is 6.09. The normalized spacial score (nSPS) is 13.9. The maximum Gasteiger partial charge on any atom is 0.127 e. The van der Waals surface area contributed by atoms with Gasteiger partial charge in [0, 0.05) is 27.6 Å². The van der Waals surface area contributed by atoms with Crippen LogP contribution in [0.2, 0.25) is 5.02 Å². The van der Waals surface area contributed by atoms with Crippen LogP contribution in [-0.2, 0) is 5.75 Å². The summed E-state index contributed by atoms with van der Waals surface area (Å²) < 4.78 is 14.0. The van der Waals surface area contributed by atoms with E-state index in [4.69, 9.17) is 17.3 Å². The molecule has 0 saturated carbocycles. The second-order valence-corrected chi connectivity index (χ2v) is 6.45. The van der Waals surface area contributed by atoms with Crippen molar-refractivity contribution >= 4 is 23.4 Å². The summed E-state index contributed by atoms with van der Waals surface area (Å²) in [4.78, 5) is 0. The lowest BCUT2D eigenvalue weighted by Crippen LogP contribution is -2.26. The van der Waals surface area contributed by atoms with Crippen molar-refractivity contribution in [1.29, 1.82) is 0 Å². The van der Waals surface area contributed by atoms with Gasteiger partial charge in [0.1, 0.15) is 5.82 Å². The van der Waals surface area contributed by atoms with Gasteiger partial charge in [-0.3, -0.25) is 0 Å². The van der Waals surface area contributed by atoms with Crippen LogP contribution in [0.15, 0.2) is 48.5 Å². The minimum absolute atomic E-state index is 0.0764. The SMILES string of the molecule is CCC(N)C(SCc1ccccc1Cl)c1ccccc1F. The highest BCUT2D eigenvalue weighted by atomic mass is 35.5. The molecule has 0 spiro atoms. The van der Waals surface area contributed by atoms with Gasteiger partial charge in [-0.1, -0.05) is 54.9 Å². The van der Waals surface area contributed by atoms with E-state index in [1.807, 2.05) is 43.3 Å². The fraction of sp³-hybridized carbons (Fsp3) is 0.294. The number of nitrogens with two attached hydrogens (primary N) is 1. The Hall–Kier alpha value is -1.03. The van der Waals surface area contributed by atoms with E-state index in [9.17, 15) is 4.39 Å². The first-order valence-electron chi connectivity index (χ1n) is 6.98. The largest absolute Gasteiger partial charge is 0.326 e. The van der Waals surface area contributed by atoms with Crippen LogP contribution < -0.4 is 5.73 Å². The van der Waals surface area contributed by atoms with Crippen LogP contribution in [0.1, 0.15) is 29.7 Å². The van der Waals surface area contributed by atoms with Crippen LogP contribution in [0, 0.1) is 5.82 Å². The highest BCUT2D eigenvalue weighted by molar-refractivity contribution is 7.98. The predicted octanol–water partition coefficient (Wildman–Crippen LogP) is 5.19. The van der Waals surface area contributed by atoms with Gasteiger partial charge < -0.3 is 5.73 Å². The molecule has 2 aromatic rings. The topological polar surface area (TPSA) is 26.0 Å². The summed E-state index contributed by atoms with van der Waals surface area (Å²) in [5.41, 5.74) is 7.92. The number of benzene rings is 2. The molecule has 0 aliphatic rings. The van der Waals surface area contributed by atoms with Crippen molar-refractivity contribution in [3.8, 4) is 0 Å². The second-order valence-electron chi connectivity index (χ2n) is 4.92. The molecule has 2 unspecified atom stereocenters. The molecule has 4 heteroatoms. The summed E-state index contributed by atoms with van der Waals surface area (Å²) in [5.74, 6) is 0.518. The van der Waals surface area contributed by atoms with Gasteiger partial charge in [0.15, 0.2) is 0 Å². The molecule has 1 nitrogen and oxygen atoms in total. The van der Waals surface area contributed by atoms with Crippen LogP contribution in [0.3, 0.4) is 0 Å². The van der Waals surface area contributed by atoms with Gasteiger partial charge >= 0.3 is 0 Å². The molecule has 2 rings (SSSR count). The molecule has 0 amide bonds. The van der Waals surface area contributed by atoms with E-state index in [0.29, 0.717) is 11.3 Å². The zero-order valence-electron chi connectivity index (χ0n) is 11.9. The van der Waals surface area contributed by atoms with Gasteiger partial charge in [-0.25, -0.2) is 4.39 Å². The fourth-order valence-electron chi connectivity index (χ4n) is 2.16. The minimum atomic E-state index is -0.196. The predicted molar refractivity (Wildman–Crippen MR) is 90.2 cm³/mol. The number of halogens is 2. The summed E-state index contributed by atoms with van der Waals surface area (Å²) in [6.07, 6.45) is 0.800. The molecule has 112 valence electrons. The Morgan fingerprint density at radius 2 is 1.81 bits per heavy atom. The van der Waals surface area contributed by atoms with E-state index in [1.54, 1.807) is 17.8 Å². The molecule has 0 bridgehead atoms. The maximum atomic E-state index is 14.0. The molecule has 0 radical (unpaired) electrons. The summed E-state index contributed by atoms with van der Waals surface area (Å²) in [5, 5.41) is 0.662. The molecule has 0 fully saturated rings. The molecule has 0 aliphatic heterocycles. The van der Waals surface area contributed by atoms with E-state index in [0.717, 1.165) is 17.0 Å². The average molecular weight is 324 g/mol. The standard InChI is InChI=1S/C17H19ClFNS/c1-2-16(20)17(13-8-4-6-10-15(13)19)21-11-12-7-3-5-9-14(12)18/h3-10,16-17H,2,11,20H2,1H3. The molecular formula is C17H19ClFNS. The number of hydrogen-bond acceptors (Lipinski definition) is 2. The number of thioether (sulfide) groups is 1. The summed E-state index contributed by atoms with van der Waals surface area (Å²) >= 11 is 7.82. The van der Waals surface area contributed by atoms with Gasteiger partial charge in [-0.2, -0.15) is 0 Å². The third kappa shape index (κ3) is 4.22. The Morgan fingerprint density at radius 1 is 1.14 bits per heavy atom. The van der Waals surface area contributed by atoms with Crippen molar-refractivity contribution in [3.63, 3.8) is 0 Å². The van der Waals surface area contributed by atoms with Crippen molar-refractivity contribution in [3.05, 3.63) is 70.5 Å². The van der Waals surface area contributed by atoms with E-state index in [-0.39, 0.29) is 17.1 Å². The molecule has 21 heavy (non-hydrogen) atoms. The first kappa shape index (κ1) is 16.3. The van der Waals surface area contributed by atoms with Gasteiger partial charge in [-0.05, 0) is 24.1 Å². The monoisotopic (exact) mass is 323 g/mol.